The fourth-order valence-corrected chi connectivity index (χ4v) is 1.84. The highest BCUT2D eigenvalue weighted by Crippen LogP contribution is 2.29. The summed E-state index contributed by atoms with van der Waals surface area (Å²) in [6.07, 6.45) is 0. The van der Waals surface area contributed by atoms with Gasteiger partial charge in [-0.1, -0.05) is 11.6 Å². The Morgan fingerprint density at radius 1 is 1.14 bits per heavy atom. The van der Waals surface area contributed by atoms with Crippen molar-refractivity contribution in [2.45, 2.75) is 0 Å². The molecule has 0 aliphatic heterocycles. The lowest BCUT2D eigenvalue weighted by Crippen LogP contribution is -2.05. The zero-order chi connectivity index (χ0) is 15.7. The van der Waals surface area contributed by atoms with E-state index in [-0.39, 0.29) is 28.7 Å². The maximum absolute atomic E-state index is 8.87. The van der Waals surface area contributed by atoms with Gasteiger partial charge in [0.25, 0.3) is 0 Å². The Hall–Kier alpha value is -3.25. The summed E-state index contributed by atoms with van der Waals surface area (Å²) < 4.78 is 1.21. The number of nitrogen functional groups attached to an aromatic ring is 2. The van der Waals surface area contributed by atoms with E-state index >= 15 is 0 Å². The summed E-state index contributed by atoms with van der Waals surface area (Å²) in [5.74, 6) is 0.112. The van der Waals surface area contributed by atoms with E-state index < -0.39 is 0 Å². The summed E-state index contributed by atoms with van der Waals surface area (Å²) in [6.45, 7) is 0. The number of hydrogen-bond donors (Lipinski definition) is 2. The minimum absolute atomic E-state index is 0.0344. The maximum Gasteiger partial charge on any atom is 0.209 e. The number of nitrogens with zero attached hydrogens (tertiary/aromatic N) is 7. The second-order valence-electron chi connectivity index (χ2n) is 4.19. The predicted octanol–water partition coefficient (Wildman–Crippen LogP) is 2.23. The number of fused-ring (bicyclic) bond motifs is 1. The molecule has 22 heavy (non-hydrogen) atoms. The van der Waals surface area contributed by atoms with Crippen LogP contribution in [0.15, 0.2) is 34.5 Å². The van der Waals surface area contributed by atoms with E-state index in [9.17, 15) is 0 Å². The number of azo groups is 1. The molecule has 4 N–H and O–H groups in total. The van der Waals surface area contributed by atoms with E-state index in [1.54, 1.807) is 24.3 Å². The van der Waals surface area contributed by atoms with Gasteiger partial charge in [-0.25, -0.2) is 0 Å². The number of nitrogens with two attached hydrogens (primary N) is 2. The Kier molecular flexibility index (Phi) is 3.28. The first-order valence-electron chi connectivity index (χ1n) is 5.98. The first-order valence-corrected chi connectivity index (χ1v) is 6.35. The summed E-state index contributed by atoms with van der Waals surface area (Å²) in [7, 11) is 0. The number of aromatic nitrogens is 4. The van der Waals surface area contributed by atoms with Crippen molar-refractivity contribution >= 4 is 40.3 Å². The molecule has 0 saturated carbocycles. The van der Waals surface area contributed by atoms with Gasteiger partial charge >= 0.3 is 0 Å². The van der Waals surface area contributed by atoms with Gasteiger partial charge in [0.2, 0.25) is 11.3 Å². The zero-order valence-corrected chi connectivity index (χ0v) is 11.7. The normalized spacial score (nSPS) is 11.1. The average molecular weight is 314 g/mol. The van der Waals surface area contributed by atoms with E-state index in [4.69, 9.17) is 28.3 Å². The molecule has 0 aliphatic carbocycles. The van der Waals surface area contributed by atoms with Crippen LogP contribution in [-0.2, 0) is 0 Å². The average Bonchev–Trinajstić information content (AvgIpc) is 2.84. The first kappa shape index (κ1) is 13.7. The van der Waals surface area contributed by atoms with Crippen molar-refractivity contribution in [2.75, 3.05) is 11.5 Å². The molecule has 2 heterocycles. The number of anilines is 2. The van der Waals surface area contributed by atoms with Crippen molar-refractivity contribution in [3.05, 3.63) is 35.0 Å². The summed E-state index contributed by atoms with van der Waals surface area (Å²) in [5, 5.41) is 29.1. The van der Waals surface area contributed by atoms with E-state index in [1.807, 2.05) is 6.07 Å². The fourth-order valence-electron chi connectivity index (χ4n) is 1.71. The lowest BCUT2D eigenvalue weighted by atomic mass is 10.3. The Morgan fingerprint density at radius 3 is 2.55 bits per heavy atom. The molecule has 108 valence electrons. The number of halogens is 1. The minimum atomic E-state index is -0.0452. The molecule has 0 amide bonds. The molecule has 0 radical (unpaired) electrons. The maximum atomic E-state index is 8.87. The Morgan fingerprint density at radius 2 is 1.86 bits per heavy atom. The Bertz CT molecular complexity index is 920. The quantitative estimate of drug-likeness (QED) is 0.694. The molecule has 10 heteroatoms. The van der Waals surface area contributed by atoms with E-state index in [1.165, 1.54) is 4.52 Å². The van der Waals surface area contributed by atoms with Gasteiger partial charge in [-0.05, 0) is 24.3 Å². The smallest absolute Gasteiger partial charge is 0.209 e. The first-order chi connectivity index (χ1) is 10.6. The van der Waals surface area contributed by atoms with Crippen molar-refractivity contribution in [3.8, 4) is 6.07 Å². The Labute approximate surface area is 128 Å². The van der Waals surface area contributed by atoms with Gasteiger partial charge in [0.1, 0.15) is 6.07 Å². The molecule has 2 aromatic heterocycles. The zero-order valence-electron chi connectivity index (χ0n) is 11.0. The van der Waals surface area contributed by atoms with Gasteiger partial charge in [-0.2, -0.15) is 14.9 Å². The highest BCUT2D eigenvalue weighted by molar-refractivity contribution is 6.30. The van der Waals surface area contributed by atoms with Crippen LogP contribution in [0, 0.1) is 11.3 Å². The van der Waals surface area contributed by atoms with Gasteiger partial charge in [0, 0.05) is 5.02 Å². The van der Waals surface area contributed by atoms with Gasteiger partial charge in [0.05, 0.1) is 5.69 Å². The van der Waals surface area contributed by atoms with Crippen molar-refractivity contribution in [1.82, 2.24) is 19.8 Å². The highest BCUT2D eigenvalue weighted by Gasteiger charge is 2.16. The molecule has 3 rings (SSSR count). The van der Waals surface area contributed by atoms with Crippen LogP contribution in [0.3, 0.4) is 0 Å². The molecule has 0 unspecified atom stereocenters. The third-order valence-corrected chi connectivity index (χ3v) is 3.03. The second-order valence-corrected chi connectivity index (χ2v) is 4.63. The molecule has 1 aromatic carbocycles. The van der Waals surface area contributed by atoms with E-state index in [2.05, 4.69) is 25.5 Å². The molecule has 0 aliphatic rings. The predicted molar refractivity (Wildman–Crippen MR) is 79.9 cm³/mol. The van der Waals surface area contributed by atoms with Crippen LogP contribution in [0.2, 0.25) is 5.02 Å². The van der Waals surface area contributed by atoms with Crippen molar-refractivity contribution < 1.29 is 0 Å². The second kappa shape index (κ2) is 5.27. The molecule has 0 fully saturated rings. The molecular weight excluding hydrogens is 306 g/mol. The van der Waals surface area contributed by atoms with E-state index in [0.29, 0.717) is 10.7 Å². The lowest BCUT2D eigenvalue weighted by molar-refractivity contribution is 0.894. The topological polar surface area (TPSA) is 144 Å². The van der Waals surface area contributed by atoms with Gasteiger partial charge in [-0.3, -0.25) is 0 Å². The number of hydrogen-bond acceptors (Lipinski definition) is 8. The highest BCUT2D eigenvalue weighted by atomic mass is 35.5. The molecule has 0 bridgehead atoms. The molecule has 0 atom stereocenters. The third-order valence-electron chi connectivity index (χ3n) is 2.78. The Balaban J connectivity index is 2.08. The molecular formula is C12H8ClN9. The lowest BCUT2D eigenvalue weighted by Gasteiger charge is -1.97. The minimum Gasteiger partial charge on any atom is -0.381 e. The molecule has 3 aromatic rings. The van der Waals surface area contributed by atoms with Gasteiger partial charge in [-0.15, -0.1) is 20.4 Å². The number of benzene rings is 1. The monoisotopic (exact) mass is 313 g/mol. The van der Waals surface area contributed by atoms with Crippen LogP contribution in [0.25, 0.3) is 5.65 Å². The number of nitriles is 1. The SMILES string of the molecule is N#Cc1nnc2c(N=Nc3ccc(Cl)cc3)c(N)nn2c1N. The largest absolute Gasteiger partial charge is 0.381 e. The van der Waals surface area contributed by atoms with Crippen LogP contribution in [0.4, 0.5) is 23.0 Å². The van der Waals surface area contributed by atoms with Crippen molar-refractivity contribution in [2.24, 2.45) is 10.2 Å². The van der Waals surface area contributed by atoms with Crippen LogP contribution in [0.5, 0.6) is 0 Å². The molecule has 9 nitrogen and oxygen atoms in total. The van der Waals surface area contributed by atoms with Crippen LogP contribution >= 0.6 is 11.6 Å². The third kappa shape index (κ3) is 2.27. The van der Waals surface area contributed by atoms with E-state index in [0.717, 1.165) is 0 Å². The molecule has 0 spiro atoms. The van der Waals surface area contributed by atoms with Gasteiger partial charge < -0.3 is 11.5 Å². The summed E-state index contributed by atoms with van der Waals surface area (Å²) in [5.41, 5.74) is 12.5. The van der Waals surface area contributed by atoms with Crippen molar-refractivity contribution in [3.63, 3.8) is 0 Å². The standard InChI is InChI=1S/C12H8ClN9/c13-6-1-3-7(4-2-6)17-19-9-10(15)21-22-11(16)8(5-14)18-20-12(9)22/h1-4H,16H2,(H2,15,21). The van der Waals surface area contributed by atoms with Crippen LogP contribution < -0.4 is 11.5 Å². The van der Waals surface area contributed by atoms with Crippen LogP contribution in [-0.4, -0.2) is 19.8 Å². The van der Waals surface area contributed by atoms with Gasteiger partial charge in [0.15, 0.2) is 17.3 Å². The summed E-state index contributed by atoms with van der Waals surface area (Å²) in [6, 6.07) is 8.58. The summed E-state index contributed by atoms with van der Waals surface area (Å²) >= 11 is 5.80. The van der Waals surface area contributed by atoms with Crippen molar-refractivity contribution in [1.29, 1.82) is 5.26 Å². The van der Waals surface area contributed by atoms with Crippen LogP contribution in [0.1, 0.15) is 5.69 Å². The number of rotatable bonds is 2. The molecule has 0 saturated heterocycles. The fraction of sp³-hybridized carbons (Fsp3) is 0. The summed E-state index contributed by atoms with van der Waals surface area (Å²) in [4.78, 5) is 0.